The number of carboxylic acids is 1. The molecule has 33 heavy (non-hydrogen) atoms. The highest BCUT2D eigenvalue weighted by Crippen LogP contribution is 2.45. The van der Waals surface area contributed by atoms with E-state index in [0.717, 1.165) is 41.8 Å². The molecule has 1 heterocycles. The monoisotopic (exact) mass is 473 g/mol. The molecule has 0 unspecified atom stereocenters. The topological polar surface area (TPSA) is 57.6 Å². The smallest absolute Gasteiger partial charge is 0.306 e. The largest absolute Gasteiger partial charge is 0.481 e. The molecule has 0 aromatic heterocycles. The van der Waals surface area contributed by atoms with Crippen molar-refractivity contribution in [1.82, 2.24) is 4.90 Å². The summed E-state index contributed by atoms with van der Waals surface area (Å²) in [5.74, 6) is -0.597. The molecule has 1 atom stereocenters. The molecule has 1 aliphatic heterocycles. The summed E-state index contributed by atoms with van der Waals surface area (Å²) in [6.07, 6.45) is 7.26. The number of benzene rings is 1. The van der Waals surface area contributed by atoms with Crippen LogP contribution in [0.1, 0.15) is 91.2 Å². The molecule has 182 valence electrons. The first-order valence-electron chi connectivity index (χ1n) is 12.4. The van der Waals surface area contributed by atoms with E-state index in [2.05, 4.69) is 65.9 Å². The van der Waals surface area contributed by atoms with Gasteiger partial charge >= 0.3 is 5.97 Å². The second-order valence-electron chi connectivity index (χ2n) is 11.8. The van der Waals surface area contributed by atoms with Crippen LogP contribution in [0.2, 0.25) is 5.02 Å². The van der Waals surface area contributed by atoms with E-state index in [0.29, 0.717) is 19.3 Å². The zero-order valence-corrected chi connectivity index (χ0v) is 21.8. The minimum atomic E-state index is -0.716. The number of carbonyl (C=O) groups excluding carboxylic acids is 1. The molecule has 1 fully saturated rings. The zero-order chi connectivity index (χ0) is 24.6. The van der Waals surface area contributed by atoms with Gasteiger partial charge in [0.15, 0.2) is 0 Å². The summed E-state index contributed by atoms with van der Waals surface area (Å²) in [6, 6.07) is 6.45. The van der Waals surface area contributed by atoms with Crippen molar-refractivity contribution in [3.05, 3.63) is 46.1 Å². The van der Waals surface area contributed by atoms with Crippen LogP contribution in [-0.2, 0) is 21.4 Å². The van der Waals surface area contributed by atoms with Crippen molar-refractivity contribution >= 4 is 23.5 Å². The van der Waals surface area contributed by atoms with E-state index in [1.807, 2.05) is 4.90 Å². The van der Waals surface area contributed by atoms with Crippen LogP contribution in [0.5, 0.6) is 0 Å². The molecule has 0 saturated heterocycles. The molecule has 1 aliphatic carbocycles. The van der Waals surface area contributed by atoms with Gasteiger partial charge in [0.25, 0.3) is 0 Å². The van der Waals surface area contributed by atoms with Gasteiger partial charge in [-0.25, -0.2) is 0 Å². The Hall–Kier alpha value is -1.81. The Balaban J connectivity index is 1.87. The van der Waals surface area contributed by atoms with Crippen molar-refractivity contribution in [2.75, 3.05) is 0 Å². The van der Waals surface area contributed by atoms with Crippen LogP contribution in [0.15, 0.2) is 30.0 Å². The number of carboxylic acid groups (broad SMARTS) is 1. The fourth-order valence-electron chi connectivity index (χ4n) is 5.43. The first kappa shape index (κ1) is 25.8. The standard InChI is InChI=1S/C28H40ClNO3/c1-18(2)23-17-30(22-11-8-20(9-12-22)26(32)33)25(31)16-28(23,6)21-10-7-19(24(29)15-21)13-14-27(3,4)5/h7,10,15,17-18,20,22H,8-9,11-14,16H2,1-6H3,(H,32,33)/t20?,22?,28-/m1/s1. The van der Waals surface area contributed by atoms with Gasteiger partial charge in [0.2, 0.25) is 5.91 Å². The van der Waals surface area contributed by atoms with Gasteiger partial charge in [0.05, 0.1) is 5.92 Å². The molecule has 1 amide bonds. The fourth-order valence-corrected chi connectivity index (χ4v) is 5.70. The molecule has 0 bridgehead atoms. The molecular formula is C28H40ClNO3. The molecule has 3 rings (SSSR count). The lowest BCUT2D eigenvalue weighted by atomic mass is 9.67. The molecule has 1 aromatic carbocycles. The van der Waals surface area contributed by atoms with Gasteiger partial charge in [0.1, 0.15) is 0 Å². The molecular weight excluding hydrogens is 434 g/mol. The predicted molar refractivity (Wildman–Crippen MR) is 134 cm³/mol. The van der Waals surface area contributed by atoms with Crippen molar-refractivity contribution < 1.29 is 14.7 Å². The number of amides is 1. The second kappa shape index (κ2) is 9.82. The van der Waals surface area contributed by atoms with Gasteiger partial charge in [0, 0.05) is 29.1 Å². The molecule has 2 aliphatic rings. The number of rotatable bonds is 6. The Morgan fingerprint density at radius 3 is 2.36 bits per heavy atom. The van der Waals surface area contributed by atoms with Gasteiger partial charge < -0.3 is 10.0 Å². The third kappa shape index (κ3) is 5.82. The number of aryl methyl sites for hydroxylation is 1. The van der Waals surface area contributed by atoms with Crippen LogP contribution in [0.4, 0.5) is 0 Å². The normalized spacial score (nSPS) is 26.5. The quantitative estimate of drug-likeness (QED) is 0.484. The second-order valence-corrected chi connectivity index (χ2v) is 12.2. The molecule has 0 spiro atoms. The molecule has 5 heteroatoms. The van der Waals surface area contributed by atoms with Gasteiger partial charge in [-0.1, -0.05) is 65.3 Å². The van der Waals surface area contributed by atoms with E-state index in [1.54, 1.807) is 0 Å². The number of halogens is 1. The first-order valence-corrected chi connectivity index (χ1v) is 12.7. The van der Waals surface area contributed by atoms with Crippen LogP contribution in [-0.4, -0.2) is 27.9 Å². The maximum absolute atomic E-state index is 13.4. The molecule has 1 aromatic rings. The lowest BCUT2D eigenvalue weighted by Crippen LogP contribution is -2.47. The number of aliphatic carboxylic acids is 1. The maximum Gasteiger partial charge on any atom is 0.306 e. The van der Waals surface area contributed by atoms with Crippen molar-refractivity contribution in [1.29, 1.82) is 0 Å². The highest BCUT2D eigenvalue weighted by Gasteiger charge is 2.42. The number of hydrogen-bond donors (Lipinski definition) is 1. The lowest BCUT2D eigenvalue weighted by molar-refractivity contribution is -0.143. The summed E-state index contributed by atoms with van der Waals surface area (Å²) in [5, 5.41) is 10.1. The van der Waals surface area contributed by atoms with Crippen LogP contribution in [0.3, 0.4) is 0 Å². The summed E-state index contributed by atoms with van der Waals surface area (Å²) in [6.45, 7) is 13.2. The SMILES string of the molecule is CC(C)C1=CN(C2CCC(C(=O)O)CC2)C(=O)C[C@]1(C)c1ccc(CCC(C)(C)C)c(Cl)c1. The van der Waals surface area contributed by atoms with Gasteiger partial charge in [-0.05, 0) is 72.6 Å². The average Bonchev–Trinajstić information content (AvgIpc) is 2.72. The van der Waals surface area contributed by atoms with E-state index in [1.165, 1.54) is 5.57 Å². The summed E-state index contributed by atoms with van der Waals surface area (Å²) < 4.78 is 0. The van der Waals surface area contributed by atoms with Crippen molar-refractivity contribution in [2.45, 2.75) is 97.9 Å². The number of hydrogen-bond acceptors (Lipinski definition) is 2. The summed E-state index contributed by atoms with van der Waals surface area (Å²) in [5.41, 5.74) is 3.35. The first-order chi connectivity index (χ1) is 15.3. The van der Waals surface area contributed by atoms with Crippen LogP contribution in [0, 0.1) is 17.3 Å². The van der Waals surface area contributed by atoms with Crippen molar-refractivity contribution in [3.8, 4) is 0 Å². The number of allylic oxidation sites excluding steroid dienone is 1. The summed E-state index contributed by atoms with van der Waals surface area (Å²) >= 11 is 6.73. The minimum Gasteiger partial charge on any atom is -0.481 e. The van der Waals surface area contributed by atoms with Crippen molar-refractivity contribution in [2.24, 2.45) is 17.3 Å². The molecule has 0 radical (unpaired) electrons. The third-order valence-electron chi connectivity index (χ3n) is 7.60. The third-order valence-corrected chi connectivity index (χ3v) is 7.96. The average molecular weight is 474 g/mol. The highest BCUT2D eigenvalue weighted by atomic mass is 35.5. The number of nitrogens with zero attached hydrogens (tertiary/aromatic N) is 1. The zero-order valence-electron chi connectivity index (χ0n) is 21.1. The Labute approximate surface area is 204 Å². The van der Waals surface area contributed by atoms with E-state index >= 15 is 0 Å². The van der Waals surface area contributed by atoms with E-state index in [4.69, 9.17) is 11.6 Å². The number of carbonyl (C=O) groups is 2. The maximum atomic E-state index is 13.4. The summed E-state index contributed by atoms with van der Waals surface area (Å²) in [4.78, 5) is 26.6. The summed E-state index contributed by atoms with van der Waals surface area (Å²) in [7, 11) is 0. The Morgan fingerprint density at radius 1 is 1.21 bits per heavy atom. The molecule has 4 nitrogen and oxygen atoms in total. The van der Waals surface area contributed by atoms with Crippen LogP contribution < -0.4 is 0 Å². The van der Waals surface area contributed by atoms with Crippen LogP contribution >= 0.6 is 11.6 Å². The Kier molecular flexibility index (Phi) is 7.68. The lowest BCUT2D eigenvalue weighted by Gasteiger charge is -2.44. The van der Waals surface area contributed by atoms with Gasteiger partial charge in [-0.2, -0.15) is 0 Å². The Morgan fingerprint density at radius 2 is 1.85 bits per heavy atom. The fraction of sp³-hybridized carbons (Fsp3) is 0.643. The molecule has 1 N–H and O–H groups in total. The van der Waals surface area contributed by atoms with Crippen LogP contribution in [0.25, 0.3) is 0 Å². The van der Waals surface area contributed by atoms with Gasteiger partial charge in [-0.3, -0.25) is 9.59 Å². The van der Waals surface area contributed by atoms with E-state index in [9.17, 15) is 14.7 Å². The highest BCUT2D eigenvalue weighted by molar-refractivity contribution is 6.31. The predicted octanol–water partition coefficient (Wildman–Crippen LogP) is 6.99. The van der Waals surface area contributed by atoms with E-state index < -0.39 is 11.4 Å². The minimum absolute atomic E-state index is 0.0924. The molecule has 1 saturated carbocycles. The van der Waals surface area contributed by atoms with E-state index in [-0.39, 0.29) is 29.2 Å². The Bertz CT molecular complexity index is 922. The van der Waals surface area contributed by atoms with Crippen molar-refractivity contribution in [3.63, 3.8) is 0 Å². The van der Waals surface area contributed by atoms with Gasteiger partial charge in [-0.15, -0.1) is 0 Å².